The Bertz CT molecular complexity index is 728. The second-order valence-corrected chi connectivity index (χ2v) is 7.64. The zero-order valence-corrected chi connectivity index (χ0v) is 19.0. The molecule has 1 fully saturated rings. The van der Waals surface area contributed by atoms with Crippen LogP contribution in [-0.2, 0) is 6.54 Å². The fraction of sp³-hybridized carbons (Fsp3) is 0.400. The van der Waals surface area contributed by atoms with E-state index in [2.05, 4.69) is 37.9 Å². The molecule has 1 unspecified atom stereocenters. The van der Waals surface area contributed by atoms with Crippen molar-refractivity contribution < 1.29 is 18.6 Å². The molecule has 1 atom stereocenters. The quantitative estimate of drug-likeness (QED) is 0.604. The van der Waals surface area contributed by atoms with Crippen molar-refractivity contribution in [1.82, 2.24) is 9.80 Å². The number of piperazine rings is 1. The number of hydrogen-bond donors (Lipinski definition) is 1. The van der Waals surface area contributed by atoms with Crippen LogP contribution in [0, 0.1) is 11.6 Å². The lowest BCUT2D eigenvalue weighted by molar-refractivity contribution is 0.0428. The van der Waals surface area contributed by atoms with E-state index >= 15 is 0 Å². The Balaban J connectivity index is 0.00000210. The predicted molar refractivity (Wildman–Crippen MR) is 118 cm³/mol. The van der Waals surface area contributed by atoms with Crippen molar-refractivity contribution in [3.8, 4) is 5.75 Å². The standard InChI is InChI=1S/C20H23BrF2N2O2.2ClH/c21-16-10-18(22)20(19(23)11-16)27-14-17(26)13-25-8-6-24(7-9-25)12-15-4-2-1-3-5-15;;/h1-5,10-11,17,26H,6-9,12-14H2;2*1H. The van der Waals surface area contributed by atoms with Crippen LogP contribution in [0.15, 0.2) is 46.9 Å². The van der Waals surface area contributed by atoms with Gasteiger partial charge in [-0.3, -0.25) is 9.80 Å². The molecule has 9 heteroatoms. The van der Waals surface area contributed by atoms with Gasteiger partial charge in [-0.05, 0) is 17.7 Å². The summed E-state index contributed by atoms with van der Waals surface area (Å²) < 4.78 is 33.0. The highest BCUT2D eigenvalue weighted by Gasteiger charge is 2.20. The number of aliphatic hydroxyl groups is 1. The molecule has 0 spiro atoms. The number of benzene rings is 2. The van der Waals surface area contributed by atoms with Crippen LogP contribution in [0.3, 0.4) is 0 Å². The molecular formula is C20H25BrCl2F2N2O2. The lowest BCUT2D eigenvalue weighted by Crippen LogP contribution is -2.48. The van der Waals surface area contributed by atoms with Gasteiger partial charge in [-0.2, -0.15) is 0 Å². The number of halogens is 5. The van der Waals surface area contributed by atoms with Crippen molar-refractivity contribution in [2.45, 2.75) is 12.6 Å². The fourth-order valence-electron chi connectivity index (χ4n) is 3.17. The molecule has 4 nitrogen and oxygen atoms in total. The smallest absolute Gasteiger partial charge is 0.190 e. The van der Waals surface area contributed by atoms with Crippen LogP contribution in [0.4, 0.5) is 8.78 Å². The van der Waals surface area contributed by atoms with Crippen LogP contribution in [0.2, 0.25) is 0 Å². The van der Waals surface area contributed by atoms with E-state index in [9.17, 15) is 13.9 Å². The van der Waals surface area contributed by atoms with Gasteiger partial charge in [-0.15, -0.1) is 24.8 Å². The Labute approximate surface area is 190 Å². The molecule has 162 valence electrons. The van der Waals surface area contributed by atoms with Gasteiger partial charge in [-0.1, -0.05) is 46.3 Å². The molecule has 0 radical (unpaired) electrons. The van der Waals surface area contributed by atoms with Gasteiger partial charge in [0, 0.05) is 43.7 Å². The average Bonchev–Trinajstić information content (AvgIpc) is 2.63. The highest BCUT2D eigenvalue weighted by atomic mass is 79.9. The lowest BCUT2D eigenvalue weighted by Gasteiger charge is -2.35. The van der Waals surface area contributed by atoms with E-state index in [-0.39, 0.29) is 31.4 Å². The van der Waals surface area contributed by atoms with E-state index in [1.807, 2.05) is 18.2 Å². The topological polar surface area (TPSA) is 35.9 Å². The van der Waals surface area contributed by atoms with Crippen molar-refractivity contribution in [2.75, 3.05) is 39.3 Å². The largest absolute Gasteiger partial charge is 0.485 e. The van der Waals surface area contributed by atoms with Gasteiger partial charge in [0.25, 0.3) is 0 Å². The van der Waals surface area contributed by atoms with Crippen LogP contribution >= 0.6 is 40.7 Å². The Morgan fingerprint density at radius 1 is 0.966 bits per heavy atom. The summed E-state index contributed by atoms with van der Waals surface area (Å²) in [6.07, 6.45) is -0.812. The normalized spacial score (nSPS) is 15.9. The molecule has 2 aromatic carbocycles. The van der Waals surface area contributed by atoms with Gasteiger partial charge in [0.1, 0.15) is 12.7 Å². The first-order valence-corrected chi connectivity index (χ1v) is 9.74. The van der Waals surface area contributed by atoms with Crippen molar-refractivity contribution in [2.24, 2.45) is 0 Å². The molecule has 0 amide bonds. The first-order chi connectivity index (χ1) is 13.0. The van der Waals surface area contributed by atoms with E-state index < -0.39 is 23.5 Å². The summed E-state index contributed by atoms with van der Waals surface area (Å²) in [5.41, 5.74) is 1.29. The average molecular weight is 514 g/mol. The minimum atomic E-state index is -0.812. The maximum atomic E-state index is 13.7. The minimum absolute atomic E-state index is 0. The summed E-state index contributed by atoms with van der Waals surface area (Å²) >= 11 is 3.02. The minimum Gasteiger partial charge on any atom is -0.485 e. The molecule has 1 aliphatic rings. The van der Waals surface area contributed by atoms with E-state index in [4.69, 9.17) is 4.74 Å². The molecule has 0 bridgehead atoms. The van der Waals surface area contributed by atoms with E-state index in [1.165, 1.54) is 5.56 Å². The number of rotatable bonds is 7. The molecule has 0 saturated carbocycles. The zero-order chi connectivity index (χ0) is 19.2. The van der Waals surface area contributed by atoms with E-state index in [0.29, 0.717) is 11.0 Å². The molecule has 0 aliphatic carbocycles. The van der Waals surface area contributed by atoms with Crippen LogP contribution in [-0.4, -0.2) is 60.3 Å². The van der Waals surface area contributed by atoms with Gasteiger partial charge in [-0.25, -0.2) is 8.78 Å². The summed E-state index contributed by atoms with van der Waals surface area (Å²) in [6.45, 7) is 4.69. The van der Waals surface area contributed by atoms with Crippen molar-refractivity contribution in [1.29, 1.82) is 0 Å². The zero-order valence-electron chi connectivity index (χ0n) is 15.8. The van der Waals surface area contributed by atoms with Crippen LogP contribution < -0.4 is 4.74 Å². The molecule has 1 heterocycles. The predicted octanol–water partition coefficient (Wildman–Crippen LogP) is 4.13. The molecule has 1 saturated heterocycles. The second kappa shape index (κ2) is 12.7. The highest BCUT2D eigenvalue weighted by Crippen LogP contribution is 2.26. The van der Waals surface area contributed by atoms with Crippen molar-refractivity contribution in [3.05, 3.63) is 64.1 Å². The van der Waals surface area contributed by atoms with Crippen molar-refractivity contribution in [3.63, 3.8) is 0 Å². The number of nitrogens with zero attached hydrogens (tertiary/aromatic N) is 2. The fourth-order valence-corrected chi connectivity index (χ4v) is 3.57. The van der Waals surface area contributed by atoms with Gasteiger partial charge in [0.05, 0.1) is 0 Å². The number of aliphatic hydroxyl groups excluding tert-OH is 1. The highest BCUT2D eigenvalue weighted by molar-refractivity contribution is 9.10. The Morgan fingerprint density at radius 2 is 1.52 bits per heavy atom. The van der Waals surface area contributed by atoms with Gasteiger partial charge >= 0.3 is 0 Å². The third kappa shape index (κ3) is 8.00. The Hall–Kier alpha value is -0.960. The number of β-amino-alcohol motifs (C(OH)–C–C–N with tert-alkyl or cyclic N) is 1. The molecule has 1 N–H and O–H groups in total. The molecule has 1 aliphatic heterocycles. The molecule has 3 rings (SSSR count). The third-order valence-electron chi connectivity index (χ3n) is 4.57. The molecule has 0 aromatic heterocycles. The number of hydrogen-bond acceptors (Lipinski definition) is 4. The van der Waals surface area contributed by atoms with E-state index in [0.717, 1.165) is 44.9 Å². The first-order valence-electron chi connectivity index (χ1n) is 8.95. The summed E-state index contributed by atoms with van der Waals surface area (Å²) in [4.78, 5) is 4.52. The number of ether oxygens (including phenoxy) is 1. The van der Waals surface area contributed by atoms with E-state index in [1.54, 1.807) is 0 Å². The summed E-state index contributed by atoms with van der Waals surface area (Å²) in [5, 5.41) is 10.2. The monoisotopic (exact) mass is 512 g/mol. The Kier molecular flexibility index (Phi) is 11.4. The molecular weight excluding hydrogens is 489 g/mol. The summed E-state index contributed by atoms with van der Waals surface area (Å²) in [5.74, 6) is -2.03. The van der Waals surface area contributed by atoms with Crippen LogP contribution in [0.1, 0.15) is 5.56 Å². The van der Waals surface area contributed by atoms with Gasteiger partial charge in [0.15, 0.2) is 17.4 Å². The summed E-state index contributed by atoms with van der Waals surface area (Å²) in [6, 6.07) is 12.6. The molecule has 29 heavy (non-hydrogen) atoms. The second-order valence-electron chi connectivity index (χ2n) is 6.73. The van der Waals surface area contributed by atoms with Crippen LogP contribution in [0.25, 0.3) is 0 Å². The first kappa shape index (κ1) is 26.1. The lowest BCUT2D eigenvalue weighted by atomic mass is 10.2. The SMILES string of the molecule is Cl.Cl.OC(COc1c(F)cc(Br)cc1F)CN1CCN(Cc2ccccc2)CC1. The van der Waals surface area contributed by atoms with Gasteiger partial charge in [0.2, 0.25) is 0 Å². The maximum Gasteiger partial charge on any atom is 0.190 e. The van der Waals surface area contributed by atoms with Crippen LogP contribution in [0.5, 0.6) is 5.75 Å². The maximum absolute atomic E-state index is 13.7. The van der Waals surface area contributed by atoms with Gasteiger partial charge < -0.3 is 9.84 Å². The van der Waals surface area contributed by atoms with Crippen molar-refractivity contribution >= 4 is 40.7 Å². The third-order valence-corrected chi connectivity index (χ3v) is 5.02. The Morgan fingerprint density at radius 3 is 2.10 bits per heavy atom. The molecule has 2 aromatic rings. The summed E-state index contributed by atoms with van der Waals surface area (Å²) in [7, 11) is 0.